The number of rotatable bonds is 5. The molecule has 0 aromatic carbocycles. The fourth-order valence-electron chi connectivity index (χ4n) is 1.81. The molecule has 1 amide bonds. The van der Waals surface area contributed by atoms with Gasteiger partial charge in [0.2, 0.25) is 0 Å². The quantitative estimate of drug-likeness (QED) is 0.834. The van der Waals surface area contributed by atoms with Gasteiger partial charge in [0.1, 0.15) is 16.2 Å². The first-order valence-corrected chi connectivity index (χ1v) is 6.44. The van der Waals surface area contributed by atoms with E-state index in [-0.39, 0.29) is 5.69 Å². The molecule has 1 fully saturated rings. The van der Waals surface area contributed by atoms with Gasteiger partial charge in [0.15, 0.2) is 0 Å². The Bertz CT molecular complexity index is 467. The van der Waals surface area contributed by atoms with Crippen LogP contribution in [0.4, 0.5) is 0 Å². The van der Waals surface area contributed by atoms with Gasteiger partial charge in [-0.15, -0.1) is 11.3 Å². The van der Waals surface area contributed by atoms with E-state index in [1.165, 1.54) is 11.3 Å². The standard InChI is InChI=1S/C11H14N2O4S/c1-17-5-8-12-7(6-18-8)9(14)13-11(10(15)16)3-2-4-11/h6H,2-5H2,1H3,(H,13,14)(H,15,16). The van der Waals surface area contributed by atoms with Gasteiger partial charge < -0.3 is 15.2 Å². The predicted octanol–water partition coefficient (Wildman–Crippen LogP) is 1.03. The molecule has 0 radical (unpaired) electrons. The molecule has 18 heavy (non-hydrogen) atoms. The molecular weight excluding hydrogens is 256 g/mol. The van der Waals surface area contributed by atoms with E-state index in [2.05, 4.69) is 10.3 Å². The average molecular weight is 270 g/mol. The van der Waals surface area contributed by atoms with Crippen molar-refractivity contribution in [3.05, 3.63) is 16.1 Å². The number of hydrogen-bond donors (Lipinski definition) is 2. The van der Waals surface area contributed by atoms with Crippen LogP contribution in [0, 0.1) is 0 Å². The van der Waals surface area contributed by atoms with Gasteiger partial charge in [-0.25, -0.2) is 9.78 Å². The number of nitrogens with one attached hydrogen (secondary N) is 1. The topological polar surface area (TPSA) is 88.5 Å². The molecule has 2 N–H and O–H groups in total. The molecule has 7 heteroatoms. The minimum Gasteiger partial charge on any atom is -0.480 e. The summed E-state index contributed by atoms with van der Waals surface area (Å²) in [6.45, 7) is 0.349. The summed E-state index contributed by atoms with van der Waals surface area (Å²) in [5.74, 6) is -1.41. The highest BCUT2D eigenvalue weighted by Gasteiger charge is 2.46. The van der Waals surface area contributed by atoms with Crippen molar-refractivity contribution in [2.45, 2.75) is 31.4 Å². The van der Waals surface area contributed by atoms with Crippen LogP contribution in [0.1, 0.15) is 34.8 Å². The zero-order valence-corrected chi connectivity index (χ0v) is 10.7. The molecule has 0 unspecified atom stereocenters. The molecule has 0 atom stereocenters. The summed E-state index contributed by atoms with van der Waals surface area (Å²) in [5, 5.41) is 14.0. The van der Waals surface area contributed by atoms with E-state index in [0.29, 0.717) is 24.5 Å². The van der Waals surface area contributed by atoms with E-state index < -0.39 is 17.4 Å². The lowest BCUT2D eigenvalue weighted by Gasteiger charge is -2.37. The number of carbonyl (C=O) groups is 2. The van der Waals surface area contributed by atoms with Crippen molar-refractivity contribution < 1.29 is 19.4 Å². The summed E-state index contributed by atoms with van der Waals surface area (Å²) in [6, 6.07) is 0. The third-order valence-electron chi connectivity index (χ3n) is 3.02. The van der Waals surface area contributed by atoms with Gasteiger partial charge in [-0.3, -0.25) is 4.79 Å². The number of thiazole rings is 1. The normalized spacial score (nSPS) is 16.9. The first kappa shape index (κ1) is 13.0. The lowest BCUT2D eigenvalue weighted by atomic mass is 9.76. The minimum absolute atomic E-state index is 0.250. The Balaban J connectivity index is 2.04. The van der Waals surface area contributed by atoms with Gasteiger partial charge in [-0.1, -0.05) is 0 Å². The molecule has 1 heterocycles. The summed E-state index contributed by atoms with van der Waals surface area (Å²) in [7, 11) is 1.55. The number of aromatic nitrogens is 1. The van der Waals surface area contributed by atoms with E-state index in [1.807, 2.05) is 0 Å². The second-order valence-corrected chi connectivity index (χ2v) is 5.20. The first-order valence-electron chi connectivity index (χ1n) is 5.57. The van der Waals surface area contributed by atoms with Crippen molar-refractivity contribution in [3.63, 3.8) is 0 Å². The van der Waals surface area contributed by atoms with Crippen LogP contribution in [0.2, 0.25) is 0 Å². The number of carboxylic acids is 1. The van der Waals surface area contributed by atoms with Gasteiger partial charge in [0.05, 0.1) is 6.61 Å². The Labute approximate surface area is 108 Å². The lowest BCUT2D eigenvalue weighted by molar-refractivity contribution is -0.148. The van der Waals surface area contributed by atoms with Crippen LogP contribution in [-0.2, 0) is 16.1 Å². The zero-order valence-electron chi connectivity index (χ0n) is 9.93. The van der Waals surface area contributed by atoms with Crippen LogP contribution in [0.15, 0.2) is 5.38 Å². The minimum atomic E-state index is -1.10. The maximum atomic E-state index is 11.9. The second kappa shape index (κ2) is 5.03. The SMILES string of the molecule is COCc1nc(C(=O)NC2(C(=O)O)CCC2)cs1. The number of methoxy groups -OCH3 is 1. The number of nitrogens with zero attached hydrogens (tertiary/aromatic N) is 1. The van der Waals surface area contributed by atoms with Crippen molar-refractivity contribution in [2.24, 2.45) is 0 Å². The highest BCUT2D eigenvalue weighted by Crippen LogP contribution is 2.32. The monoisotopic (exact) mass is 270 g/mol. The second-order valence-electron chi connectivity index (χ2n) is 4.25. The van der Waals surface area contributed by atoms with Crippen molar-refractivity contribution in [3.8, 4) is 0 Å². The molecule has 0 spiro atoms. The van der Waals surface area contributed by atoms with E-state index in [4.69, 9.17) is 9.84 Å². The molecule has 6 nitrogen and oxygen atoms in total. The summed E-state index contributed by atoms with van der Waals surface area (Å²) in [4.78, 5) is 27.1. The van der Waals surface area contributed by atoms with Crippen molar-refractivity contribution in [1.82, 2.24) is 10.3 Å². The van der Waals surface area contributed by atoms with E-state index >= 15 is 0 Å². The van der Waals surface area contributed by atoms with Gasteiger partial charge in [-0.2, -0.15) is 0 Å². The molecule has 1 aliphatic rings. The van der Waals surface area contributed by atoms with E-state index in [1.54, 1.807) is 12.5 Å². The summed E-state index contributed by atoms with van der Waals surface area (Å²) in [6.07, 6.45) is 1.77. The summed E-state index contributed by atoms with van der Waals surface area (Å²) >= 11 is 1.32. The maximum Gasteiger partial charge on any atom is 0.329 e. The number of ether oxygens (including phenoxy) is 1. The smallest absolute Gasteiger partial charge is 0.329 e. The summed E-state index contributed by atoms with van der Waals surface area (Å²) < 4.78 is 4.91. The maximum absolute atomic E-state index is 11.9. The fraction of sp³-hybridized carbons (Fsp3) is 0.545. The third kappa shape index (κ3) is 2.37. The van der Waals surface area contributed by atoms with Gasteiger partial charge in [-0.05, 0) is 19.3 Å². The van der Waals surface area contributed by atoms with Crippen LogP contribution < -0.4 is 5.32 Å². The molecule has 0 saturated heterocycles. The van der Waals surface area contributed by atoms with E-state index in [9.17, 15) is 9.59 Å². The number of carboxylic acid groups (broad SMARTS) is 1. The third-order valence-corrected chi connectivity index (χ3v) is 3.84. The Hall–Kier alpha value is -1.47. The average Bonchev–Trinajstić information content (AvgIpc) is 2.71. The van der Waals surface area contributed by atoms with Crippen LogP contribution in [0.5, 0.6) is 0 Å². The molecule has 0 aliphatic heterocycles. The van der Waals surface area contributed by atoms with Gasteiger partial charge in [0, 0.05) is 12.5 Å². The van der Waals surface area contributed by atoms with E-state index in [0.717, 1.165) is 6.42 Å². The highest BCUT2D eigenvalue weighted by molar-refractivity contribution is 7.09. The molecule has 0 bridgehead atoms. The van der Waals surface area contributed by atoms with Crippen LogP contribution in [0.3, 0.4) is 0 Å². The van der Waals surface area contributed by atoms with Crippen molar-refractivity contribution in [1.29, 1.82) is 0 Å². The molecular formula is C11H14N2O4S. The van der Waals surface area contributed by atoms with Crippen molar-refractivity contribution >= 4 is 23.2 Å². The highest BCUT2D eigenvalue weighted by atomic mass is 32.1. The lowest BCUT2D eigenvalue weighted by Crippen LogP contribution is -2.59. The zero-order chi connectivity index (χ0) is 13.2. The summed E-state index contributed by atoms with van der Waals surface area (Å²) in [5.41, 5.74) is -0.846. The predicted molar refractivity (Wildman–Crippen MR) is 64.5 cm³/mol. The van der Waals surface area contributed by atoms with Crippen LogP contribution in [-0.4, -0.2) is 34.6 Å². The largest absolute Gasteiger partial charge is 0.480 e. The molecule has 1 aromatic heterocycles. The van der Waals surface area contributed by atoms with Gasteiger partial charge >= 0.3 is 5.97 Å². The Morgan fingerprint density at radius 1 is 1.61 bits per heavy atom. The number of amides is 1. The molecule has 1 aromatic rings. The number of carbonyl (C=O) groups excluding carboxylic acids is 1. The first-order chi connectivity index (χ1) is 8.57. The molecule has 1 aliphatic carbocycles. The van der Waals surface area contributed by atoms with Crippen LogP contribution >= 0.6 is 11.3 Å². The van der Waals surface area contributed by atoms with Crippen molar-refractivity contribution in [2.75, 3.05) is 7.11 Å². The molecule has 2 rings (SSSR count). The fourth-order valence-corrected chi connectivity index (χ4v) is 2.55. The number of aliphatic carboxylic acids is 1. The Kier molecular flexibility index (Phi) is 3.63. The Morgan fingerprint density at radius 2 is 2.33 bits per heavy atom. The van der Waals surface area contributed by atoms with Crippen LogP contribution in [0.25, 0.3) is 0 Å². The number of hydrogen-bond acceptors (Lipinski definition) is 5. The Morgan fingerprint density at radius 3 is 2.83 bits per heavy atom. The van der Waals surface area contributed by atoms with Gasteiger partial charge in [0.25, 0.3) is 5.91 Å². The molecule has 1 saturated carbocycles. The molecule has 98 valence electrons.